The molecule has 5 nitrogen and oxygen atoms in total. The molecule has 2 fully saturated rings. The third kappa shape index (κ3) is 3.04. The zero-order valence-corrected chi connectivity index (χ0v) is 16.1. The molecule has 1 atom stereocenters. The standard InChI is InChI=1S/C23H27N3O2/c27-22-23(26(17-24-22)19-7-2-1-3-8-19)12-14-25(15-13-23)16-20-11-10-18-6-4-5-9-21(18)28-20/h1-9,20H,10-17H2,(H,24,27). The Morgan fingerprint density at radius 3 is 2.61 bits per heavy atom. The lowest BCUT2D eigenvalue weighted by molar-refractivity contribution is -0.125. The van der Waals surface area contributed by atoms with Gasteiger partial charge in [-0.1, -0.05) is 36.4 Å². The van der Waals surface area contributed by atoms with E-state index in [1.165, 1.54) is 5.56 Å². The van der Waals surface area contributed by atoms with Gasteiger partial charge in [-0.15, -0.1) is 0 Å². The molecule has 28 heavy (non-hydrogen) atoms. The molecule has 5 heteroatoms. The highest BCUT2D eigenvalue weighted by Crippen LogP contribution is 2.36. The summed E-state index contributed by atoms with van der Waals surface area (Å²) < 4.78 is 6.23. The number of hydrogen-bond donors (Lipinski definition) is 1. The van der Waals surface area contributed by atoms with E-state index in [-0.39, 0.29) is 12.0 Å². The second-order valence-electron chi connectivity index (χ2n) is 8.15. The van der Waals surface area contributed by atoms with Crippen molar-refractivity contribution < 1.29 is 9.53 Å². The SMILES string of the molecule is O=C1NCN(c2ccccc2)C12CCN(CC1CCc3ccccc3O1)CC2. The number of para-hydroxylation sites is 2. The van der Waals surface area contributed by atoms with E-state index in [1.807, 2.05) is 24.3 Å². The second kappa shape index (κ2) is 7.13. The highest BCUT2D eigenvalue weighted by Gasteiger charge is 2.50. The summed E-state index contributed by atoms with van der Waals surface area (Å²) in [7, 11) is 0. The van der Waals surface area contributed by atoms with Gasteiger partial charge in [0, 0.05) is 25.3 Å². The zero-order valence-electron chi connectivity index (χ0n) is 16.1. The average molecular weight is 377 g/mol. The van der Waals surface area contributed by atoms with Crippen LogP contribution in [-0.4, -0.2) is 48.8 Å². The van der Waals surface area contributed by atoms with E-state index < -0.39 is 5.54 Å². The molecule has 2 saturated heterocycles. The van der Waals surface area contributed by atoms with Gasteiger partial charge in [0.05, 0.1) is 6.67 Å². The van der Waals surface area contributed by atoms with Gasteiger partial charge in [-0.25, -0.2) is 0 Å². The van der Waals surface area contributed by atoms with E-state index in [1.54, 1.807) is 0 Å². The van der Waals surface area contributed by atoms with Crippen molar-refractivity contribution >= 4 is 11.6 Å². The number of benzene rings is 2. The summed E-state index contributed by atoms with van der Waals surface area (Å²) in [4.78, 5) is 17.5. The summed E-state index contributed by atoms with van der Waals surface area (Å²) >= 11 is 0. The molecule has 0 aliphatic carbocycles. The van der Waals surface area contributed by atoms with Crippen LogP contribution in [0.25, 0.3) is 0 Å². The predicted octanol–water partition coefficient (Wildman–Crippen LogP) is 2.81. The van der Waals surface area contributed by atoms with E-state index >= 15 is 0 Å². The summed E-state index contributed by atoms with van der Waals surface area (Å²) in [5, 5.41) is 3.08. The molecule has 2 aromatic carbocycles. The minimum atomic E-state index is -0.405. The number of carbonyl (C=O) groups is 1. The monoisotopic (exact) mass is 377 g/mol. The number of amides is 1. The molecule has 3 aliphatic heterocycles. The number of aryl methyl sites for hydroxylation is 1. The fourth-order valence-electron chi connectivity index (χ4n) is 4.93. The molecule has 146 valence electrons. The molecule has 1 amide bonds. The molecule has 3 heterocycles. The Kier molecular flexibility index (Phi) is 4.47. The molecule has 1 spiro atoms. The lowest BCUT2D eigenvalue weighted by Crippen LogP contribution is -2.57. The molecule has 0 radical (unpaired) electrons. The predicted molar refractivity (Wildman–Crippen MR) is 110 cm³/mol. The fraction of sp³-hybridized carbons (Fsp3) is 0.435. The van der Waals surface area contributed by atoms with E-state index in [0.29, 0.717) is 6.67 Å². The maximum Gasteiger partial charge on any atom is 0.247 e. The van der Waals surface area contributed by atoms with Crippen molar-refractivity contribution in [2.75, 3.05) is 31.2 Å². The maximum atomic E-state index is 12.8. The van der Waals surface area contributed by atoms with Crippen LogP contribution in [0.1, 0.15) is 24.8 Å². The van der Waals surface area contributed by atoms with Crippen molar-refractivity contribution in [2.45, 2.75) is 37.3 Å². The zero-order chi connectivity index (χ0) is 19.0. The van der Waals surface area contributed by atoms with Gasteiger partial charge < -0.3 is 15.0 Å². The number of rotatable bonds is 3. The number of likely N-dealkylation sites (tertiary alicyclic amines) is 1. The van der Waals surface area contributed by atoms with Gasteiger partial charge in [0.2, 0.25) is 5.91 Å². The number of hydrogen-bond acceptors (Lipinski definition) is 4. The van der Waals surface area contributed by atoms with Gasteiger partial charge >= 0.3 is 0 Å². The van der Waals surface area contributed by atoms with Crippen LogP contribution in [0.15, 0.2) is 54.6 Å². The molecule has 1 unspecified atom stereocenters. The second-order valence-corrected chi connectivity index (χ2v) is 8.15. The van der Waals surface area contributed by atoms with Crippen LogP contribution >= 0.6 is 0 Å². The fourth-order valence-corrected chi connectivity index (χ4v) is 4.93. The molecule has 2 aromatic rings. The van der Waals surface area contributed by atoms with Crippen LogP contribution in [0, 0.1) is 0 Å². The van der Waals surface area contributed by atoms with Crippen LogP contribution in [-0.2, 0) is 11.2 Å². The molecular formula is C23H27N3O2. The number of nitrogens with zero attached hydrogens (tertiary/aromatic N) is 2. The van der Waals surface area contributed by atoms with Gasteiger partial charge in [-0.05, 0) is 49.4 Å². The number of ether oxygens (including phenoxy) is 1. The molecule has 0 bridgehead atoms. The first kappa shape index (κ1) is 17.6. The van der Waals surface area contributed by atoms with E-state index in [2.05, 4.69) is 45.4 Å². The van der Waals surface area contributed by atoms with Crippen LogP contribution in [0.4, 0.5) is 5.69 Å². The van der Waals surface area contributed by atoms with Gasteiger partial charge in [0.15, 0.2) is 0 Å². The summed E-state index contributed by atoms with van der Waals surface area (Å²) in [6.07, 6.45) is 4.11. The van der Waals surface area contributed by atoms with Crippen LogP contribution < -0.4 is 15.0 Å². The molecule has 5 rings (SSSR count). The topological polar surface area (TPSA) is 44.8 Å². The number of carbonyl (C=O) groups excluding carboxylic acids is 1. The minimum absolute atomic E-state index is 0.179. The van der Waals surface area contributed by atoms with Crippen molar-refractivity contribution in [1.82, 2.24) is 10.2 Å². The molecule has 0 saturated carbocycles. The molecular weight excluding hydrogens is 350 g/mol. The first-order valence-electron chi connectivity index (χ1n) is 10.3. The third-order valence-corrected chi connectivity index (χ3v) is 6.55. The highest BCUT2D eigenvalue weighted by molar-refractivity contribution is 5.93. The lowest BCUT2D eigenvalue weighted by Gasteiger charge is -2.44. The van der Waals surface area contributed by atoms with Gasteiger partial charge in [-0.2, -0.15) is 0 Å². The quantitative estimate of drug-likeness (QED) is 0.893. The Morgan fingerprint density at radius 2 is 1.79 bits per heavy atom. The number of piperidine rings is 1. The maximum absolute atomic E-state index is 12.8. The number of nitrogens with one attached hydrogen (secondary N) is 1. The minimum Gasteiger partial charge on any atom is -0.489 e. The van der Waals surface area contributed by atoms with Crippen molar-refractivity contribution in [1.29, 1.82) is 0 Å². The van der Waals surface area contributed by atoms with Gasteiger partial charge in [-0.3, -0.25) is 9.69 Å². The van der Waals surface area contributed by atoms with Crippen LogP contribution in [0.5, 0.6) is 5.75 Å². The number of fused-ring (bicyclic) bond motifs is 1. The summed E-state index contributed by atoms with van der Waals surface area (Å²) in [5.41, 5.74) is 2.04. The van der Waals surface area contributed by atoms with Crippen LogP contribution in [0.2, 0.25) is 0 Å². The Bertz CT molecular complexity index is 846. The normalized spacial score (nSPS) is 23.9. The summed E-state index contributed by atoms with van der Waals surface area (Å²) in [6.45, 7) is 3.40. The average Bonchev–Trinajstić information content (AvgIpc) is 3.06. The largest absolute Gasteiger partial charge is 0.489 e. The van der Waals surface area contributed by atoms with E-state index in [0.717, 1.165) is 56.8 Å². The summed E-state index contributed by atoms with van der Waals surface area (Å²) in [6, 6.07) is 18.7. The Morgan fingerprint density at radius 1 is 1.04 bits per heavy atom. The third-order valence-electron chi connectivity index (χ3n) is 6.55. The Hall–Kier alpha value is -2.53. The number of anilines is 1. The first-order chi connectivity index (χ1) is 13.7. The first-order valence-corrected chi connectivity index (χ1v) is 10.3. The smallest absolute Gasteiger partial charge is 0.247 e. The molecule has 0 aromatic heterocycles. The highest BCUT2D eigenvalue weighted by atomic mass is 16.5. The Labute approximate surface area is 166 Å². The van der Waals surface area contributed by atoms with Crippen molar-refractivity contribution in [3.05, 3.63) is 60.2 Å². The van der Waals surface area contributed by atoms with E-state index in [4.69, 9.17) is 4.74 Å². The van der Waals surface area contributed by atoms with Crippen molar-refractivity contribution in [3.8, 4) is 5.75 Å². The lowest BCUT2D eigenvalue weighted by atomic mass is 9.85. The van der Waals surface area contributed by atoms with Gasteiger partial charge in [0.25, 0.3) is 0 Å². The molecule has 1 N–H and O–H groups in total. The van der Waals surface area contributed by atoms with Crippen molar-refractivity contribution in [3.63, 3.8) is 0 Å². The molecule has 3 aliphatic rings. The summed E-state index contributed by atoms with van der Waals surface area (Å²) in [5.74, 6) is 1.22. The van der Waals surface area contributed by atoms with Gasteiger partial charge in [0.1, 0.15) is 17.4 Å². The Balaban J connectivity index is 1.24. The van der Waals surface area contributed by atoms with E-state index in [9.17, 15) is 4.79 Å². The van der Waals surface area contributed by atoms with Crippen molar-refractivity contribution in [2.24, 2.45) is 0 Å². The van der Waals surface area contributed by atoms with Crippen LogP contribution in [0.3, 0.4) is 0 Å².